The fourth-order valence-electron chi connectivity index (χ4n) is 1.66. The van der Waals surface area contributed by atoms with Gasteiger partial charge < -0.3 is 15.2 Å². The number of carbonyl (C=O) groups is 2. The van der Waals surface area contributed by atoms with Gasteiger partial charge in [0.05, 0.1) is 18.6 Å². The molecule has 0 saturated carbocycles. The number of aliphatic carboxylic acids is 1. The van der Waals surface area contributed by atoms with Crippen molar-refractivity contribution in [1.82, 2.24) is 0 Å². The zero-order valence-electron chi connectivity index (χ0n) is 12.1. The lowest BCUT2D eigenvalue weighted by atomic mass is 10.2. The monoisotopic (exact) mass is 331 g/mol. The molecule has 21 heavy (non-hydrogen) atoms. The van der Waals surface area contributed by atoms with Gasteiger partial charge in [-0.25, -0.2) is 0 Å². The first-order valence-electron chi connectivity index (χ1n) is 6.37. The number of carboxylic acids is 1. The lowest BCUT2D eigenvalue weighted by molar-refractivity contribution is -0.136. The highest BCUT2D eigenvalue weighted by Gasteiger charge is 2.18. The number of ether oxygens (including phenoxy) is 1. The first-order valence-corrected chi connectivity index (χ1v) is 7.80. The summed E-state index contributed by atoms with van der Waals surface area (Å²) < 4.78 is 5.17. The molecule has 0 aliphatic heterocycles. The van der Waals surface area contributed by atoms with E-state index in [-0.39, 0.29) is 11.7 Å². The molecule has 0 spiro atoms. The first kappa shape index (κ1) is 17.7. The molecule has 0 bridgehead atoms. The Kier molecular flexibility index (Phi) is 6.84. The average Bonchev–Trinajstić information content (AvgIpc) is 2.42. The number of hydrogen-bond acceptors (Lipinski definition) is 4. The lowest BCUT2D eigenvalue weighted by Crippen LogP contribution is -2.21. The van der Waals surface area contributed by atoms with Crippen LogP contribution >= 0.6 is 23.4 Å². The molecule has 1 aromatic carbocycles. The molecule has 0 fully saturated rings. The van der Waals surface area contributed by atoms with Gasteiger partial charge in [0.2, 0.25) is 5.91 Å². The molecular formula is C14H18ClNO4S. The predicted octanol–water partition coefficient (Wildman–Crippen LogP) is 3.19. The summed E-state index contributed by atoms with van der Waals surface area (Å²) in [7, 11) is 1.49. The van der Waals surface area contributed by atoms with Gasteiger partial charge in [0.15, 0.2) is 0 Å². The van der Waals surface area contributed by atoms with E-state index < -0.39 is 11.2 Å². The number of thioether (sulfide) groups is 1. The summed E-state index contributed by atoms with van der Waals surface area (Å²) in [5.41, 5.74) is 1.34. The second-order valence-corrected chi connectivity index (χ2v) is 5.99. The number of amides is 1. The van der Waals surface area contributed by atoms with Crippen LogP contribution in [0.25, 0.3) is 0 Å². The summed E-state index contributed by atoms with van der Waals surface area (Å²) in [5.74, 6) is -0.653. The third-order valence-electron chi connectivity index (χ3n) is 2.82. The van der Waals surface area contributed by atoms with Gasteiger partial charge in [0.25, 0.3) is 0 Å². The molecule has 1 unspecified atom stereocenters. The highest BCUT2D eigenvalue weighted by atomic mass is 35.5. The summed E-state index contributed by atoms with van der Waals surface area (Å²) in [4.78, 5) is 22.8. The van der Waals surface area contributed by atoms with Crippen LogP contribution in [0, 0.1) is 6.92 Å². The standard InChI is InChI=1S/C14H18ClNO4S/c1-4-12(14(18)19)21-7-13(17)16-10-5-8(2)9(15)6-11(10)20-3/h5-6,12H,4,7H2,1-3H3,(H,16,17)(H,18,19). The van der Waals surface area contributed by atoms with Gasteiger partial charge in [-0.15, -0.1) is 11.8 Å². The largest absolute Gasteiger partial charge is 0.495 e. The van der Waals surface area contributed by atoms with Crippen LogP contribution in [0.1, 0.15) is 18.9 Å². The van der Waals surface area contributed by atoms with Crippen molar-refractivity contribution in [3.05, 3.63) is 22.7 Å². The van der Waals surface area contributed by atoms with E-state index >= 15 is 0 Å². The molecule has 0 heterocycles. The van der Waals surface area contributed by atoms with E-state index in [2.05, 4.69) is 5.32 Å². The van der Waals surface area contributed by atoms with Crippen LogP contribution in [0.15, 0.2) is 12.1 Å². The van der Waals surface area contributed by atoms with Gasteiger partial charge in [-0.05, 0) is 25.0 Å². The minimum atomic E-state index is -0.907. The minimum Gasteiger partial charge on any atom is -0.495 e. The number of anilines is 1. The van der Waals surface area contributed by atoms with Crippen LogP contribution in [0.3, 0.4) is 0 Å². The maximum Gasteiger partial charge on any atom is 0.316 e. The van der Waals surface area contributed by atoms with Gasteiger partial charge in [-0.3, -0.25) is 9.59 Å². The van der Waals surface area contributed by atoms with Crippen molar-refractivity contribution in [3.63, 3.8) is 0 Å². The van der Waals surface area contributed by atoms with Gasteiger partial charge in [-0.2, -0.15) is 0 Å². The van der Waals surface area contributed by atoms with Crippen molar-refractivity contribution >= 4 is 40.9 Å². The Morgan fingerprint density at radius 1 is 1.48 bits per heavy atom. The smallest absolute Gasteiger partial charge is 0.316 e. The number of nitrogens with one attached hydrogen (secondary N) is 1. The van der Waals surface area contributed by atoms with Crippen LogP contribution in [0.5, 0.6) is 5.75 Å². The Morgan fingerprint density at radius 3 is 2.67 bits per heavy atom. The fraction of sp³-hybridized carbons (Fsp3) is 0.429. The number of halogens is 1. The van der Waals surface area contributed by atoms with Crippen LogP contribution < -0.4 is 10.1 Å². The molecular weight excluding hydrogens is 314 g/mol. The molecule has 1 aromatic rings. The molecule has 5 nitrogen and oxygen atoms in total. The van der Waals surface area contributed by atoms with Crippen molar-refractivity contribution in [2.24, 2.45) is 0 Å². The highest BCUT2D eigenvalue weighted by molar-refractivity contribution is 8.01. The van der Waals surface area contributed by atoms with E-state index in [1.165, 1.54) is 7.11 Å². The van der Waals surface area contributed by atoms with Crippen molar-refractivity contribution in [2.75, 3.05) is 18.2 Å². The van der Waals surface area contributed by atoms with E-state index in [9.17, 15) is 9.59 Å². The first-order chi connectivity index (χ1) is 9.88. The molecule has 0 saturated heterocycles. The Labute approximate surface area is 133 Å². The Morgan fingerprint density at radius 2 is 2.14 bits per heavy atom. The minimum absolute atomic E-state index is 0.0651. The number of aryl methyl sites for hydroxylation is 1. The van der Waals surface area contributed by atoms with E-state index in [1.54, 1.807) is 19.1 Å². The van der Waals surface area contributed by atoms with Gasteiger partial charge >= 0.3 is 5.97 Å². The van der Waals surface area contributed by atoms with Gasteiger partial charge in [0, 0.05) is 11.1 Å². The summed E-state index contributed by atoms with van der Waals surface area (Å²) in [6.45, 7) is 3.60. The predicted molar refractivity (Wildman–Crippen MR) is 85.5 cm³/mol. The van der Waals surface area contributed by atoms with Crippen molar-refractivity contribution in [1.29, 1.82) is 0 Å². The Bertz CT molecular complexity index is 536. The highest BCUT2D eigenvalue weighted by Crippen LogP contribution is 2.31. The number of methoxy groups -OCH3 is 1. The number of benzene rings is 1. The van der Waals surface area contributed by atoms with Gasteiger partial charge in [-0.1, -0.05) is 18.5 Å². The van der Waals surface area contributed by atoms with Crippen molar-refractivity contribution in [3.8, 4) is 5.75 Å². The summed E-state index contributed by atoms with van der Waals surface area (Å²) in [6, 6.07) is 3.35. The SMILES string of the molecule is CCC(SCC(=O)Nc1cc(C)c(Cl)cc1OC)C(=O)O. The third-order valence-corrected chi connectivity index (χ3v) is 4.59. The van der Waals surface area contributed by atoms with E-state index in [4.69, 9.17) is 21.4 Å². The van der Waals surface area contributed by atoms with E-state index in [0.29, 0.717) is 22.9 Å². The summed E-state index contributed by atoms with van der Waals surface area (Å²) >= 11 is 7.09. The van der Waals surface area contributed by atoms with Crippen molar-refractivity contribution < 1.29 is 19.4 Å². The van der Waals surface area contributed by atoms with Crippen LogP contribution in [-0.4, -0.2) is 35.1 Å². The van der Waals surface area contributed by atoms with Gasteiger partial charge in [0.1, 0.15) is 11.0 Å². The quantitative estimate of drug-likeness (QED) is 0.802. The Hall–Kier alpha value is -1.40. The van der Waals surface area contributed by atoms with Crippen LogP contribution in [-0.2, 0) is 9.59 Å². The maximum atomic E-state index is 11.9. The maximum absolute atomic E-state index is 11.9. The van der Waals surface area contributed by atoms with E-state index in [0.717, 1.165) is 17.3 Å². The Balaban J connectivity index is 2.71. The lowest BCUT2D eigenvalue weighted by Gasteiger charge is -2.13. The molecule has 0 aromatic heterocycles. The van der Waals surface area contributed by atoms with E-state index in [1.807, 2.05) is 6.92 Å². The zero-order chi connectivity index (χ0) is 16.0. The molecule has 1 rings (SSSR count). The second kappa shape index (κ2) is 8.14. The molecule has 0 radical (unpaired) electrons. The number of hydrogen-bond donors (Lipinski definition) is 2. The summed E-state index contributed by atoms with van der Waals surface area (Å²) in [5, 5.41) is 11.6. The fourth-order valence-corrected chi connectivity index (χ4v) is 2.61. The molecule has 1 amide bonds. The molecule has 1 atom stereocenters. The normalized spacial score (nSPS) is 11.8. The number of carboxylic acid groups (broad SMARTS) is 1. The number of rotatable bonds is 7. The molecule has 7 heteroatoms. The molecule has 0 aliphatic carbocycles. The molecule has 2 N–H and O–H groups in total. The zero-order valence-corrected chi connectivity index (χ0v) is 13.7. The summed E-state index contributed by atoms with van der Waals surface area (Å²) in [6.07, 6.45) is 0.469. The third kappa shape index (κ3) is 5.13. The number of carbonyl (C=O) groups excluding carboxylic acids is 1. The van der Waals surface area contributed by atoms with Crippen LogP contribution in [0.2, 0.25) is 5.02 Å². The molecule has 116 valence electrons. The molecule has 0 aliphatic rings. The van der Waals surface area contributed by atoms with Crippen LogP contribution in [0.4, 0.5) is 5.69 Å². The average molecular weight is 332 g/mol. The second-order valence-electron chi connectivity index (χ2n) is 4.40. The van der Waals surface area contributed by atoms with Crippen molar-refractivity contribution in [2.45, 2.75) is 25.5 Å². The topological polar surface area (TPSA) is 75.6 Å².